The zero-order chi connectivity index (χ0) is 33.4. The van der Waals surface area contributed by atoms with Crippen LogP contribution >= 0.6 is 0 Å². The van der Waals surface area contributed by atoms with E-state index in [9.17, 15) is 32.7 Å². The largest absolute Gasteiger partial charge is 0.391 e. The molecule has 14 nitrogen and oxygen atoms in total. The van der Waals surface area contributed by atoms with Crippen molar-refractivity contribution >= 4 is 39.2 Å². The minimum Gasteiger partial charge on any atom is -0.391 e. The Hall–Kier alpha value is -2.78. The molecule has 0 radical (unpaired) electrons. The van der Waals surface area contributed by atoms with Crippen LogP contribution < -0.4 is 21.3 Å². The van der Waals surface area contributed by atoms with Gasteiger partial charge in [0.15, 0.2) is 5.71 Å². The SMILES string of the molecule is CC(C)CNC(=O)[C@@H](NC(=O)[C@H](C)C[C@H](O)[C@H](CC(C)C)NC(=O)[C@H](CS(C)(=O)=O)NC(=O)C1=NO[C@@H]2OCC[C@H]12)C(C)C. The summed E-state index contributed by atoms with van der Waals surface area (Å²) in [4.78, 5) is 57.2. The van der Waals surface area contributed by atoms with E-state index in [-0.39, 0.29) is 35.8 Å². The molecule has 2 aliphatic heterocycles. The summed E-state index contributed by atoms with van der Waals surface area (Å²) in [6, 6.07) is -3.08. The maximum atomic E-state index is 13.4. The van der Waals surface area contributed by atoms with E-state index in [1.165, 1.54) is 0 Å². The molecule has 0 saturated carbocycles. The van der Waals surface area contributed by atoms with Gasteiger partial charge >= 0.3 is 0 Å². The highest BCUT2D eigenvalue weighted by Gasteiger charge is 2.43. The Labute approximate surface area is 260 Å². The monoisotopic (exact) mass is 645 g/mol. The van der Waals surface area contributed by atoms with Crippen molar-refractivity contribution in [3.63, 3.8) is 0 Å². The molecule has 0 bridgehead atoms. The number of rotatable bonds is 17. The van der Waals surface area contributed by atoms with Gasteiger partial charge in [-0.15, -0.1) is 0 Å². The Morgan fingerprint density at radius 2 is 1.59 bits per heavy atom. The molecule has 0 aromatic carbocycles. The first-order valence-corrected chi connectivity index (χ1v) is 17.4. The first-order chi connectivity index (χ1) is 20.4. The highest BCUT2D eigenvalue weighted by molar-refractivity contribution is 7.90. The molecule has 1 fully saturated rings. The van der Waals surface area contributed by atoms with Gasteiger partial charge in [0.1, 0.15) is 21.9 Å². The summed E-state index contributed by atoms with van der Waals surface area (Å²) in [5, 5.41) is 25.7. The lowest BCUT2D eigenvalue weighted by Gasteiger charge is -2.30. The summed E-state index contributed by atoms with van der Waals surface area (Å²) in [5.74, 6) is -3.98. The Bertz CT molecular complexity index is 1160. The zero-order valence-corrected chi connectivity index (χ0v) is 27.9. The van der Waals surface area contributed by atoms with E-state index < -0.39 is 75.7 Å². The fraction of sp³-hybridized carbons (Fsp3) is 0.828. The number of nitrogens with zero attached hydrogens (tertiary/aromatic N) is 1. The number of hydrogen-bond donors (Lipinski definition) is 5. The van der Waals surface area contributed by atoms with Crippen LogP contribution in [0.4, 0.5) is 0 Å². The lowest BCUT2D eigenvalue weighted by molar-refractivity contribution is -0.132. The van der Waals surface area contributed by atoms with Crippen molar-refractivity contribution in [2.24, 2.45) is 34.7 Å². The fourth-order valence-corrected chi connectivity index (χ4v) is 5.86. The molecular formula is C29H51N5O9S. The van der Waals surface area contributed by atoms with Crippen molar-refractivity contribution in [3.05, 3.63) is 0 Å². The van der Waals surface area contributed by atoms with Crippen LogP contribution in [-0.4, -0.2) is 98.5 Å². The number of aliphatic hydroxyl groups is 1. The number of carbonyl (C=O) groups is 4. The van der Waals surface area contributed by atoms with Gasteiger partial charge in [-0.1, -0.05) is 53.6 Å². The number of aliphatic hydroxyl groups excluding tert-OH is 1. The van der Waals surface area contributed by atoms with E-state index in [2.05, 4.69) is 26.4 Å². The second-order valence-electron chi connectivity index (χ2n) is 13.2. The summed E-state index contributed by atoms with van der Waals surface area (Å²) >= 11 is 0. The third kappa shape index (κ3) is 11.6. The van der Waals surface area contributed by atoms with Gasteiger partial charge in [0.05, 0.1) is 30.4 Å². The summed E-state index contributed by atoms with van der Waals surface area (Å²) in [7, 11) is -3.72. The molecule has 2 rings (SSSR count). The smallest absolute Gasteiger partial charge is 0.270 e. The van der Waals surface area contributed by atoms with E-state index >= 15 is 0 Å². The average molecular weight is 646 g/mol. The molecular weight excluding hydrogens is 594 g/mol. The normalized spacial score (nSPS) is 21.5. The van der Waals surface area contributed by atoms with E-state index in [1.54, 1.807) is 6.92 Å². The first-order valence-electron chi connectivity index (χ1n) is 15.3. The molecule has 252 valence electrons. The molecule has 7 atom stereocenters. The van der Waals surface area contributed by atoms with E-state index in [0.717, 1.165) is 6.26 Å². The highest BCUT2D eigenvalue weighted by atomic mass is 32.2. The summed E-state index contributed by atoms with van der Waals surface area (Å²) in [6.45, 7) is 13.8. The molecule has 0 aromatic heterocycles. The molecule has 1 saturated heterocycles. The number of ether oxygens (including phenoxy) is 1. The Morgan fingerprint density at radius 3 is 2.16 bits per heavy atom. The molecule has 4 amide bonds. The van der Waals surface area contributed by atoms with Gasteiger partial charge in [-0.05, 0) is 37.0 Å². The molecule has 2 heterocycles. The highest BCUT2D eigenvalue weighted by Crippen LogP contribution is 2.29. The lowest BCUT2D eigenvalue weighted by Crippen LogP contribution is -2.56. The molecule has 15 heteroatoms. The quantitative estimate of drug-likeness (QED) is 0.145. The van der Waals surface area contributed by atoms with Crippen LogP contribution in [0.1, 0.15) is 67.7 Å². The van der Waals surface area contributed by atoms with Crippen LogP contribution in [-0.2, 0) is 38.6 Å². The second-order valence-corrected chi connectivity index (χ2v) is 15.3. The van der Waals surface area contributed by atoms with Gasteiger partial charge in [-0.2, -0.15) is 0 Å². The summed E-state index contributed by atoms with van der Waals surface area (Å²) in [6.07, 6.45) is -0.155. The predicted molar refractivity (Wildman–Crippen MR) is 164 cm³/mol. The van der Waals surface area contributed by atoms with E-state index in [4.69, 9.17) is 9.57 Å². The maximum absolute atomic E-state index is 13.4. The van der Waals surface area contributed by atoms with Crippen LogP contribution in [0.3, 0.4) is 0 Å². The predicted octanol–water partition coefficient (Wildman–Crippen LogP) is 0.0956. The molecule has 0 aliphatic carbocycles. The first kappa shape index (κ1) is 37.4. The Kier molecular flexibility index (Phi) is 14.0. The summed E-state index contributed by atoms with van der Waals surface area (Å²) < 4.78 is 29.7. The minimum absolute atomic E-state index is 0.0151. The molecule has 0 spiro atoms. The number of oxime groups is 1. The van der Waals surface area contributed by atoms with Crippen LogP contribution in [0.2, 0.25) is 0 Å². The fourth-order valence-electron chi connectivity index (χ4n) is 5.02. The van der Waals surface area contributed by atoms with Gasteiger partial charge in [0.25, 0.3) is 5.91 Å². The van der Waals surface area contributed by atoms with Crippen LogP contribution in [0, 0.1) is 29.6 Å². The van der Waals surface area contributed by atoms with Crippen LogP contribution in [0.15, 0.2) is 5.16 Å². The number of amides is 4. The van der Waals surface area contributed by atoms with Crippen molar-refractivity contribution in [2.75, 3.05) is 25.2 Å². The van der Waals surface area contributed by atoms with E-state index in [0.29, 0.717) is 26.0 Å². The molecule has 2 aliphatic rings. The molecule has 0 aromatic rings. The van der Waals surface area contributed by atoms with Crippen molar-refractivity contribution in [1.29, 1.82) is 0 Å². The van der Waals surface area contributed by atoms with Crippen molar-refractivity contribution in [2.45, 2.75) is 98.2 Å². The van der Waals surface area contributed by atoms with Crippen LogP contribution in [0.5, 0.6) is 0 Å². The molecule has 0 unspecified atom stereocenters. The Balaban J connectivity index is 2.11. The topological polar surface area (TPSA) is 202 Å². The van der Waals surface area contributed by atoms with Crippen LogP contribution in [0.25, 0.3) is 0 Å². The maximum Gasteiger partial charge on any atom is 0.270 e. The third-order valence-corrected chi connectivity index (χ3v) is 8.40. The lowest BCUT2D eigenvalue weighted by atomic mass is 9.91. The number of carbonyl (C=O) groups excluding carboxylic acids is 4. The van der Waals surface area contributed by atoms with Gasteiger partial charge in [-0.25, -0.2) is 8.42 Å². The van der Waals surface area contributed by atoms with Gasteiger partial charge < -0.3 is 35.9 Å². The number of hydrogen-bond acceptors (Lipinski definition) is 10. The summed E-state index contributed by atoms with van der Waals surface area (Å²) in [5.41, 5.74) is 0.0231. The average Bonchev–Trinajstić information content (AvgIpc) is 3.52. The number of nitrogens with one attached hydrogen (secondary N) is 4. The van der Waals surface area contributed by atoms with Crippen molar-refractivity contribution in [3.8, 4) is 0 Å². The van der Waals surface area contributed by atoms with Gasteiger partial charge in [-0.3, -0.25) is 19.2 Å². The second kappa shape index (κ2) is 16.5. The van der Waals surface area contributed by atoms with E-state index in [1.807, 2.05) is 41.5 Å². The standard InChI is InChI=1S/C29H51N5O9S/c1-15(2)11-20(22(35)12-18(7)25(36)33-23(17(5)6)27(38)30-13-16(3)4)31-26(37)21(14-44(8,40)41)32-28(39)24-19-9-10-42-29(19)43-34-24/h15-23,29,35H,9-14H2,1-8H3,(H,30,38)(H,31,37)(H,32,39)(H,33,36)/t18-,19-,20+,21+,22+,23+,29+/m1/s1. The zero-order valence-electron chi connectivity index (χ0n) is 27.1. The molecule has 5 N–H and O–H groups in total. The molecule has 44 heavy (non-hydrogen) atoms. The van der Waals surface area contributed by atoms with Crippen molar-refractivity contribution in [1.82, 2.24) is 21.3 Å². The van der Waals surface area contributed by atoms with Crippen molar-refractivity contribution < 1.29 is 42.3 Å². The minimum atomic E-state index is -3.72. The van der Waals surface area contributed by atoms with Gasteiger partial charge in [0.2, 0.25) is 24.0 Å². The number of fused-ring (bicyclic) bond motifs is 1. The van der Waals surface area contributed by atoms with Gasteiger partial charge in [0, 0.05) is 18.7 Å². The Morgan fingerprint density at radius 1 is 0.932 bits per heavy atom. The third-order valence-electron chi connectivity index (χ3n) is 7.46. The number of sulfone groups is 1.